The summed E-state index contributed by atoms with van der Waals surface area (Å²) >= 11 is 3.19. The number of hydrogen-bond acceptors (Lipinski definition) is 5. The molecule has 0 aliphatic heterocycles. The molecule has 1 amide bonds. The molecule has 0 unspecified atom stereocenters. The molecule has 1 aromatic rings. The van der Waals surface area contributed by atoms with Gasteiger partial charge in [0.25, 0.3) is 5.56 Å². The molecule has 1 rings (SSSR count). The Labute approximate surface area is 113 Å². The molecule has 18 heavy (non-hydrogen) atoms. The fourth-order valence-corrected chi connectivity index (χ4v) is 1.67. The van der Waals surface area contributed by atoms with Crippen LogP contribution < -0.4 is 16.6 Å². The zero-order chi connectivity index (χ0) is 13.7. The van der Waals surface area contributed by atoms with Crippen molar-refractivity contribution in [3.8, 4) is 0 Å². The highest BCUT2D eigenvalue weighted by molar-refractivity contribution is 9.10. The van der Waals surface area contributed by atoms with E-state index in [-0.39, 0.29) is 12.1 Å². The quantitative estimate of drug-likeness (QED) is 0.735. The lowest BCUT2D eigenvalue weighted by Gasteiger charge is -2.12. The molecule has 0 fully saturated rings. The van der Waals surface area contributed by atoms with E-state index in [0.29, 0.717) is 23.2 Å². The van der Waals surface area contributed by atoms with E-state index >= 15 is 0 Å². The Hall–Kier alpha value is -1.41. The van der Waals surface area contributed by atoms with E-state index in [9.17, 15) is 9.59 Å². The number of nitrogens with zero attached hydrogens (tertiary/aromatic N) is 3. The number of likely N-dealkylation sites (N-methyl/N-ethyl adjacent to an activating group) is 1. The van der Waals surface area contributed by atoms with Crippen molar-refractivity contribution in [2.45, 2.75) is 6.54 Å². The molecule has 8 heteroatoms. The number of aromatic nitrogens is 2. The van der Waals surface area contributed by atoms with Crippen LogP contribution >= 0.6 is 15.9 Å². The Morgan fingerprint density at radius 1 is 1.61 bits per heavy atom. The Balaban J connectivity index is 2.84. The first-order valence-corrected chi connectivity index (χ1v) is 6.13. The number of carbonyl (C=O) groups is 1. The molecule has 1 heterocycles. The molecule has 0 spiro atoms. The van der Waals surface area contributed by atoms with E-state index in [1.807, 2.05) is 19.0 Å². The van der Waals surface area contributed by atoms with Crippen LogP contribution in [0, 0.1) is 0 Å². The number of halogens is 1. The lowest BCUT2D eigenvalue weighted by atomic mass is 10.4. The average Bonchev–Trinajstić information content (AvgIpc) is 2.29. The van der Waals surface area contributed by atoms with Crippen molar-refractivity contribution in [3.63, 3.8) is 0 Å². The van der Waals surface area contributed by atoms with Crippen LogP contribution in [0.3, 0.4) is 0 Å². The highest BCUT2D eigenvalue weighted by Crippen LogP contribution is 2.15. The van der Waals surface area contributed by atoms with Crippen molar-refractivity contribution in [3.05, 3.63) is 21.0 Å². The van der Waals surface area contributed by atoms with Crippen molar-refractivity contribution in [2.75, 3.05) is 32.5 Å². The van der Waals surface area contributed by atoms with E-state index in [1.165, 1.54) is 10.9 Å². The second-order valence-electron chi connectivity index (χ2n) is 4.02. The minimum absolute atomic E-state index is 0.0402. The van der Waals surface area contributed by atoms with Crippen LogP contribution in [0.1, 0.15) is 0 Å². The maximum absolute atomic E-state index is 11.9. The average molecular weight is 318 g/mol. The molecule has 1 aromatic heterocycles. The van der Waals surface area contributed by atoms with Gasteiger partial charge in [-0.25, -0.2) is 4.68 Å². The summed E-state index contributed by atoms with van der Waals surface area (Å²) in [7, 11) is 3.84. The Morgan fingerprint density at radius 2 is 2.28 bits per heavy atom. The van der Waals surface area contributed by atoms with E-state index in [0.717, 1.165) is 0 Å². The fourth-order valence-electron chi connectivity index (χ4n) is 1.22. The van der Waals surface area contributed by atoms with E-state index in [1.54, 1.807) is 0 Å². The summed E-state index contributed by atoms with van der Waals surface area (Å²) in [5.74, 6) is -0.501. The second-order valence-corrected chi connectivity index (χ2v) is 4.82. The maximum Gasteiger partial charge on any atom is 0.283 e. The molecule has 7 nitrogen and oxygen atoms in total. The summed E-state index contributed by atoms with van der Waals surface area (Å²) < 4.78 is 1.71. The topological polar surface area (TPSA) is 93.2 Å². The van der Waals surface area contributed by atoms with Crippen LogP contribution in [0.25, 0.3) is 0 Å². The van der Waals surface area contributed by atoms with Crippen LogP contribution in [-0.2, 0) is 11.3 Å². The Bertz CT molecular complexity index is 486. The minimum Gasteiger partial charge on any atom is -0.374 e. The summed E-state index contributed by atoms with van der Waals surface area (Å²) in [6.45, 7) is 1.18. The predicted octanol–water partition coefficient (Wildman–Crippen LogP) is -0.535. The molecule has 0 bridgehead atoms. The zero-order valence-electron chi connectivity index (χ0n) is 10.3. The Morgan fingerprint density at radius 3 is 2.83 bits per heavy atom. The maximum atomic E-state index is 11.9. The first-order valence-electron chi connectivity index (χ1n) is 5.34. The number of anilines is 1. The number of nitrogens with one attached hydrogen (secondary N) is 1. The highest BCUT2D eigenvalue weighted by atomic mass is 79.9. The van der Waals surface area contributed by atoms with Crippen LogP contribution in [-0.4, -0.2) is 47.8 Å². The van der Waals surface area contributed by atoms with Gasteiger partial charge in [-0.15, -0.1) is 0 Å². The summed E-state index contributed by atoms with van der Waals surface area (Å²) in [6, 6.07) is 0. The van der Waals surface area contributed by atoms with Crippen LogP contribution in [0.2, 0.25) is 0 Å². The molecule has 0 saturated carbocycles. The predicted molar refractivity (Wildman–Crippen MR) is 72.4 cm³/mol. The van der Waals surface area contributed by atoms with Gasteiger partial charge in [0.05, 0.1) is 25.0 Å². The van der Waals surface area contributed by atoms with Gasteiger partial charge in [-0.2, -0.15) is 5.10 Å². The van der Waals surface area contributed by atoms with Crippen molar-refractivity contribution in [1.82, 2.24) is 14.7 Å². The first kappa shape index (κ1) is 14.7. The number of hydrogen-bond donors (Lipinski definition) is 2. The summed E-state index contributed by atoms with van der Waals surface area (Å²) in [4.78, 5) is 24.5. The smallest absolute Gasteiger partial charge is 0.283 e. The van der Waals surface area contributed by atoms with Crippen molar-refractivity contribution < 1.29 is 4.79 Å². The lowest BCUT2D eigenvalue weighted by molar-refractivity contribution is -0.116. The largest absolute Gasteiger partial charge is 0.374 e. The van der Waals surface area contributed by atoms with Crippen LogP contribution in [0.15, 0.2) is 15.5 Å². The number of amides is 1. The molecule has 0 atom stereocenters. The van der Waals surface area contributed by atoms with Gasteiger partial charge in [-0.3, -0.25) is 9.59 Å². The van der Waals surface area contributed by atoms with Gasteiger partial charge in [0.15, 0.2) is 0 Å². The number of rotatable bonds is 6. The van der Waals surface area contributed by atoms with Crippen LogP contribution in [0.4, 0.5) is 5.69 Å². The van der Waals surface area contributed by atoms with Crippen molar-refractivity contribution in [1.29, 1.82) is 0 Å². The van der Waals surface area contributed by atoms with Crippen molar-refractivity contribution >= 4 is 27.5 Å². The summed E-state index contributed by atoms with van der Waals surface area (Å²) in [5, 5.41) is 6.76. The molecule has 0 radical (unpaired) electrons. The minimum atomic E-state index is -0.501. The molecule has 0 aliphatic carbocycles. The summed E-state index contributed by atoms with van der Waals surface area (Å²) in [5.41, 5.74) is 5.23. The van der Waals surface area contributed by atoms with Gasteiger partial charge in [0.2, 0.25) is 5.91 Å². The standard InChI is InChI=1S/C10H16BrN5O2/c1-15(2)3-4-16-10(18)9(11)7(5-14-16)13-6-8(12)17/h5,13H,3-4,6H2,1-2H3,(H2,12,17). The van der Waals surface area contributed by atoms with Gasteiger partial charge in [0.1, 0.15) is 4.47 Å². The number of carbonyl (C=O) groups excluding carboxylic acids is 1. The zero-order valence-corrected chi connectivity index (χ0v) is 11.9. The van der Waals surface area contributed by atoms with Gasteiger partial charge in [-0.05, 0) is 30.0 Å². The highest BCUT2D eigenvalue weighted by Gasteiger charge is 2.09. The molecule has 100 valence electrons. The number of primary amides is 1. The third-order valence-electron chi connectivity index (χ3n) is 2.20. The third kappa shape index (κ3) is 4.11. The van der Waals surface area contributed by atoms with Crippen LogP contribution in [0.5, 0.6) is 0 Å². The SMILES string of the molecule is CN(C)CCn1ncc(NCC(N)=O)c(Br)c1=O. The van der Waals surface area contributed by atoms with Gasteiger partial charge >= 0.3 is 0 Å². The second kappa shape index (κ2) is 6.50. The molecule has 0 saturated heterocycles. The van der Waals surface area contributed by atoms with Crippen molar-refractivity contribution in [2.24, 2.45) is 5.73 Å². The van der Waals surface area contributed by atoms with E-state index < -0.39 is 5.91 Å². The lowest BCUT2D eigenvalue weighted by Crippen LogP contribution is -2.30. The monoisotopic (exact) mass is 317 g/mol. The molecular weight excluding hydrogens is 302 g/mol. The Kier molecular flexibility index (Phi) is 5.29. The molecule has 3 N–H and O–H groups in total. The first-order chi connectivity index (χ1) is 8.41. The third-order valence-corrected chi connectivity index (χ3v) is 2.96. The number of nitrogens with two attached hydrogens (primary N) is 1. The molecular formula is C10H16BrN5O2. The van der Waals surface area contributed by atoms with Gasteiger partial charge in [-0.1, -0.05) is 0 Å². The van der Waals surface area contributed by atoms with E-state index in [4.69, 9.17) is 5.73 Å². The fraction of sp³-hybridized carbons (Fsp3) is 0.500. The normalized spacial score (nSPS) is 10.7. The molecule has 0 aliphatic rings. The van der Waals surface area contributed by atoms with Gasteiger partial charge < -0.3 is 16.0 Å². The van der Waals surface area contributed by atoms with Gasteiger partial charge in [0, 0.05) is 6.54 Å². The molecule has 0 aromatic carbocycles. The van der Waals surface area contributed by atoms with E-state index in [2.05, 4.69) is 26.3 Å². The summed E-state index contributed by atoms with van der Waals surface area (Å²) in [6.07, 6.45) is 1.49.